The first kappa shape index (κ1) is 16.1. The monoisotopic (exact) mass is 270 g/mol. The number of amidine groups is 1. The van der Waals surface area contributed by atoms with Gasteiger partial charge < -0.3 is 15.0 Å². The molecular formula is C14H26N2O3. The van der Waals surface area contributed by atoms with E-state index in [-0.39, 0.29) is 17.8 Å². The zero-order valence-corrected chi connectivity index (χ0v) is 11.9. The van der Waals surface area contributed by atoms with Crippen molar-refractivity contribution in [2.24, 2.45) is 4.99 Å². The molecule has 0 aliphatic carbocycles. The first-order chi connectivity index (χ1) is 9.14. The van der Waals surface area contributed by atoms with Gasteiger partial charge in [-0.05, 0) is 6.42 Å². The maximum atomic E-state index is 10.8. The van der Waals surface area contributed by atoms with Crippen LogP contribution in [-0.4, -0.2) is 47.8 Å². The van der Waals surface area contributed by atoms with E-state index in [0.29, 0.717) is 13.1 Å². The molecule has 1 aliphatic rings. The molecule has 0 saturated heterocycles. The van der Waals surface area contributed by atoms with Gasteiger partial charge >= 0.3 is 0 Å². The van der Waals surface area contributed by atoms with Crippen LogP contribution >= 0.6 is 0 Å². The van der Waals surface area contributed by atoms with Crippen molar-refractivity contribution in [1.82, 2.24) is 0 Å². The second-order valence-corrected chi connectivity index (χ2v) is 5.36. The molecule has 19 heavy (non-hydrogen) atoms. The number of carbonyl (C=O) groups excluding carboxylic acids is 1. The molecule has 1 unspecified atom stereocenters. The number of carbonyl (C=O) groups is 1. The van der Waals surface area contributed by atoms with Crippen molar-refractivity contribution in [2.75, 3.05) is 26.4 Å². The van der Waals surface area contributed by atoms with E-state index in [4.69, 9.17) is 0 Å². The Morgan fingerprint density at radius 3 is 2.63 bits per heavy atom. The molecule has 0 bridgehead atoms. The summed E-state index contributed by atoms with van der Waals surface area (Å²) < 4.78 is 0.0806. The van der Waals surface area contributed by atoms with Crippen LogP contribution in [-0.2, 0) is 4.79 Å². The lowest BCUT2D eigenvalue weighted by Crippen LogP contribution is -2.56. The van der Waals surface area contributed by atoms with E-state index < -0.39 is 5.97 Å². The lowest BCUT2D eigenvalue weighted by atomic mass is 10.1. The molecule has 5 nitrogen and oxygen atoms in total. The summed E-state index contributed by atoms with van der Waals surface area (Å²) in [6.07, 6.45) is 7.97. The fourth-order valence-electron chi connectivity index (χ4n) is 2.65. The Balaban J connectivity index is 2.36. The molecule has 110 valence electrons. The molecule has 0 aromatic heterocycles. The number of aliphatic imine (C=N–C) groups is 1. The van der Waals surface area contributed by atoms with E-state index in [2.05, 4.69) is 11.9 Å². The van der Waals surface area contributed by atoms with Crippen LogP contribution in [0.25, 0.3) is 0 Å². The van der Waals surface area contributed by atoms with Crippen molar-refractivity contribution in [3.8, 4) is 0 Å². The minimum atomic E-state index is -1.12. The maximum absolute atomic E-state index is 10.8. The SMILES string of the molecule is CCCCCCCCC1=NCC[N+]1(CO)CC(=O)[O-]. The molecule has 0 saturated carbocycles. The highest BCUT2D eigenvalue weighted by Crippen LogP contribution is 2.19. The molecule has 0 radical (unpaired) electrons. The van der Waals surface area contributed by atoms with Gasteiger partial charge in [-0.15, -0.1) is 0 Å². The highest BCUT2D eigenvalue weighted by Gasteiger charge is 2.37. The van der Waals surface area contributed by atoms with E-state index in [1.807, 2.05) is 0 Å². The third-order valence-electron chi connectivity index (χ3n) is 3.83. The van der Waals surface area contributed by atoms with Crippen LogP contribution < -0.4 is 5.11 Å². The maximum Gasteiger partial charge on any atom is 0.200 e. The molecule has 1 rings (SSSR count). The van der Waals surface area contributed by atoms with Crippen LogP contribution in [0.15, 0.2) is 4.99 Å². The van der Waals surface area contributed by atoms with Crippen LogP contribution in [0.2, 0.25) is 0 Å². The van der Waals surface area contributed by atoms with Crippen molar-refractivity contribution in [3.05, 3.63) is 0 Å². The van der Waals surface area contributed by atoms with Crippen LogP contribution in [0, 0.1) is 0 Å². The third kappa shape index (κ3) is 4.91. The lowest BCUT2D eigenvalue weighted by molar-refractivity contribution is -0.851. The highest BCUT2D eigenvalue weighted by molar-refractivity contribution is 5.79. The molecule has 0 fully saturated rings. The van der Waals surface area contributed by atoms with Gasteiger partial charge in [0.05, 0.1) is 12.5 Å². The number of hydrogen-bond acceptors (Lipinski definition) is 4. The van der Waals surface area contributed by atoms with Crippen LogP contribution in [0.5, 0.6) is 0 Å². The molecule has 5 heteroatoms. The molecule has 0 amide bonds. The van der Waals surface area contributed by atoms with Crippen LogP contribution in [0.1, 0.15) is 51.9 Å². The van der Waals surface area contributed by atoms with Gasteiger partial charge in [-0.1, -0.05) is 39.0 Å². The Hall–Kier alpha value is -0.940. The van der Waals surface area contributed by atoms with Crippen LogP contribution in [0.3, 0.4) is 0 Å². The summed E-state index contributed by atoms with van der Waals surface area (Å²) >= 11 is 0. The van der Waals surface area contributed by atoms with Crippen molar-refractivity contribution >= 4 is 11.8 Å². The summed E-state index contributed by atoms with van der Waals surface area (Å²) in [6.45, 7) is 3.03. The zero-order valence-electron chi connectivity index (χ0n) is 11.9. The average Bonchev–Trinajstić information content (AvgIpc) is 2.76. The van der Waals surface area contributed by atoms with Gasteiger partial charge in [-0.25, -0.2) is 4.99 Å². The second kappa shape index (κ2) is 8.27. The molecular weight excluding hydrogens is 244 g/mol. The van der Waals surface area contributed by atoms with Crippen molar-refractivity contribution in [3.63, 3.8) is 0 Å². The predicted molar refractivity (Wildman–Crippen MR) is 72.4 cm³/mol. The Morgan fingerprint density at radius 1 is 1.32 bits per heavy atom. The quantitative estimate of drug-likeness (QED) is 0.468. The second-order valence-electron chi connectivity index (χ2n) is 5.36. The van der Waals surface area contributed by atoms with Gasteiger partial charge in [-0.2, -0.15) is 0 Å². The fraction of sp³-hybridized carbons (Fsp3) is 0.857. The topological polar surface area (TPSA) is 72.7 Å². The first-order valence-electron chi connectivity index (χ1n) is 7.35. The zero-order chi connectivity index (χ0) is 14.1. The number of unbranched alkanes of at least 4 members (excludes halogenated alkanes) is 5. The van der Waals surface area contributed by atoms with Gasteiger partial charge in [-0.3, -0.25) is 4.48 Å². The van der Waals surface area contributed by atoms with Crippen LogP contribution in [0.4, 0.5) is 0 Å². The number of hydrogen-bond donors (Lipinski definition) is 1. The Morgan fingerprint density at radius 2 is 2.00 bits per heavy atom. The standard InChI is InChI=1S/C14H26N2O3/c1-2-3-4-5-6-7-8-13-15-9-10-16(13,12-17)11-14(18)19/h17H,2-12H2,1H3. The summed E-state index contributed by atoms with van der Waals surface area (Å²) in [5.41, 5.74) is 0. The highest BCUT2D eigenvalue weighted by atomic mass is 16.4. The normalized spacial score (nSPS) is 22.5. The van der Waals surface area contributed by atoms with E-state index in [1.165, 1.54) is 25.7 Å². The van der Waals surface area contributed by atoms with E-state index in [1.54, 1.807) is 0 Å². The Bertz CT molecular complexity index is 318. The van der Waals surface area contributed by atoms with Gasteiger partial charge in [0, 0.05) is 6.42 Å². The third-order valence-corrected chi connectivity index (χ3v) is 3.83. The molecule has 1 aliphatic heterocycles. The number of nitrogens with zero attached hydrogens (tertiary/aromatic N) is 2. The smallest absolute Gasteiger partial charge is 0.200 e. The summed E-state index contributed by atoms with van der Waals surface area (Å²) in [5.74, 6) is -0.284. The number of aliphatic hydroxyl groups excluding tert-OH is 1. The van der Waals surface area contributed by atoms with Gasteiger partial charge in [0.2, 0.25) is 5.84 Å². The number of aliphatic carboxylic acids is 1. The summed E-state index contributed by atoms with van der Waals surface area (Å²) in [5, 5.41) is 20.3. The predicted octanol–water partition coefficient (Wildman–Crippen LogP) is 0.666. The molecule has 1 atom stereocenters. The number of rotatable bonds is 10. The summed E-state index contributed by atoms with van der Waals surface area (Å²) in [4.78, 5) is 15.2. The number of carboxylic acids is 1. The minimum Gasteiger partial charge on any atom is -0.544 e. The lowest BCUT2D eigenvalue weighted by Gasteiger charge is -2.32. The van der Waals surface area contributed by atoms with Gasteiger partial charge in [0.15, 0.2) is 6.73 Å². The first-order valence-corrected chi connectivity index (χ1v) is 7.35. The van der Waals surface area contributed by atoms with Gasteiger partial charge in [0.1, 0.15) is 13.1 Å². The van der Waals surface area contributed by atoms with E-state index in [9.17, 15) is 15.0 Å². The molecule has 0 aromatic carbocycles. The largest absolute Gasteiger partial charge is 0.544 e. The molecule has 1 heterocycles. The van der Waals surface area contributed by atoms with Crippen molar-refractivity contribution in [1.29, 1.82) is 0 Å². The van der Waals surface area contributed by atoms with E-state index in [0.717, 1.165) is 25.1 Å². The Kier molecular flexibility index (Phi) is 7.02. The summed E-state index contributed by atoms with van der Waals surface area (Å²) in [6, 6.07) is 0. The molecule has 0 spiro atoms. The average molecular weight is 270 g/mol. The number of carboxylic acid groups (broad SMARTS) is 1. The van der Waals surface area contributed by atoms with Crippen molar-refractivity contribution in [2.45, 2.75) is 51.9 Å². The summed E-state index contributed by atoms with van der Waals surface area (Å²) in [7, 11) is 0. The van der Waals surface area contributed by atoms with Crippen molar-refractivity contribution < 1.29 is 19.5 Å². The number of quaternary nitrogens is 1. The Labute approximate surface area is 115 Å². The van der Waals surface area contributed by atoms with Gasteiger partial charge in [0.25, 0.3) is 0 Å². The molecule has 0 aromatic rings. The number of aliphatic hydroxyl groups is 1. The molecule has 1 N–H and O–H groups in total. The minimum absolute atomic E-state index is 0.0806. The van der Waals surface area contributed by atoms with E-state index >= 15 is 0 Å². The fourth-order valence-corrected chi connectivity index (χ4v) is 2.65.